The summed E-state index contributed by atoms with van der Waals surface area (Å²) in [4.78, 5) is 35.8. The molecule has 0 saturated heterocycles. The number of fused-ring (bicyclic) bond motifs is 3. The number of aromatic nitrogens is 4. The molecule has 4 aromatic heterocycles. The number of carboxylic acids is 2. The van der Waals surface area contributed by atoms with Crippen LogP contribution in [-0.4, -0.2) is 37.4 Å². The summed E-state index contributed by atoms with van der Waals surface area (Å²) in [5.74, 6) is -2.48. The summed E-state index contributed by atoms with van der Waals surface area (Å²) in [6.45, 7) is 0. The van der Waals surface area contributed by atoms with Crippen LogP contribution in [-0.2, 0) is 16.8 Å². The maximum absolute atomic E-state index is 10.0. The Balaban J connectivity index is 0.000000258. The van der Waals surface area contributed by atoms with Crippen LogP contribution in [0.5, 0.6) is 0 Å². The molecule has 0 spiro atoms. The third-order valence-electron chi connectivity index (χ3n) is 4.09. The van der Waals surface area contributed by atoms with Crippen LogP contribution < -0.4 is 10.2 Å². The Hall–Kier alpha value is -4.25. The second-order valence-electron chi connectivity index (χ2n) is 6.22. The van der Waals surface area contributed by atoms with E-state index in [1.807, 2.05) is 12.1 Å². The third kappa shape index (κ3) is 7.71. The number of pyridine rings is 4. The van der Waals surface area contributed by atoms with Gasteiger partial charge in [-0.05, 0) is 36.4 Å². The molecule has 0 unspecified atom stereocenters. The molecule has 1 aromatic carbocycles. The molecule has 0 aliphatic carbocycles. The number of hydrogen-bond acceptors (Lipinski definition) is 8. The second kappa shape index (κ2) is 14.0. The Kier molecular flexibility index (Phi) is 11.4. The molecule has 9 nitrogen and oxygen atoms in total. The molecular formula is C24H18CoN4O5. The smallest absolute Gasteiger partial charge is 0.543 e. The van der Waals surface area contributed by atoms with E-state index >= 15 is 0 Å². The number of nitrogens with zero attached hydrogens (tertiary/aromatic N) is 4. The zero-order chi connectivity index (χ0) is 22.8. The molecule has 10 heteroatoms. The number of carbonyl (C=O) groups excluding carboxylic acids is 2. The molecule has 2 N–H and O–H groups in total. The van der Waals surface area contributed by atoms with Crippen molar-refractivity contribution in [2.75, 3.05) is 0 Å². The van der Waals surface area contributed by atoms with Crippen LogP contribution in [0.1, 0.15) is 21.0 Å². The first-order chi connectivity index (χ1) is 15.6. The SMILES string of the molecule is O.O=C([O-])c1ccccn1.O=C([O-])c1ccccn1.[Co+2].c1cnc2c(c1)ccc1cccnc12. The standard InChI is InChI=1S/C12H8N2.2C6H5NO2.Co.H2O/c1-3-9-5-6-10-4-2-8-14-12(10)11(9)13-7-1;2*8-6(9)5-3-1-2-4-7-5;;/h1-8H;2*1-4H,(H,8,9);;1H2/q;;;+2;/p-2. The van der Waals surface area contributed by atoms with Crippen molar-refractivity contribution in [2.45, 2.75) is 0 Å². The van der Waals surface area contributed by atoms with Crippen molar-refractivity contribution in [2.24, 2.45) is 0 Å². The largest absolute Gasteiger partial charge is 2.00 e. The van der Waals surface area contributed by atoms with Crippen molar-refractivity contribution < 1.29 is 42.1 Å². The number of benzene rings is 1. The summed E-state index contributed by atoms with van der Waals surface area (Å²) in [6.07, 6.45) is 6.42. The first-order valence-electron chi connectivity index (χ1n) is 9.39. The van der Waals surface area contributed by atoms with Crippen molar-refractivity contribution in [3.8, 4) is 0 Å². The Morgan fingerprint density at radius 3 is 1.21 bits per heavy atom. The molecular weight excluding hydrogens is 483 g/mol. The summed E-state index contributed by atoms with van der Waals surface area (Å²) in [6, 6.07) is 21.4. The van der Waals surface area contributed by atoms with Crippen LogP contribution in [0.15, 0.2) is 97.6 Å². The van der Waals surface area contributed by atoms with Crippen molar-refractivity contribution in [1.29, 1.82) is 0 Å². The minimum Gasteiger partial charge on any atom is -0.543 e. The van der Waals surface area contributed by atoms with Crippen molar-refractivity contribution in [1.82, 2.24) is 19.9 Å². The first kappa shape index (κ1) is 27.8. The number of hydrogen-bond donors (Lipinski definition) is 0. The van der Waals surface area contributed by atoms with E-state index in [1.165, 1.54) is 24.5 Å². The van der Waals surface area contributed by atoms with Gasteiger partial charge in [0.15, 0.2) is 0 Å². The van der Waals surface area contributed by atoms with Gasteiger partial charge in [-0.3, -0.25) is 19.9 Å². The Labute approximate surface area is 204 Å². The molecule has 0 atom stereocenters. The number of carbonyl (C=O) groups is 2. The minimum absolute atomic E-state index is 0. The van der Waals surface area contributed by atoms with Gasteiger partial charge >= 0.3 is 16.8 Å². The van der Waals surface area contributed by atoms with E-state index < -0.39 is 11.9 Å². The summed E-state index contributed by atoms with van der Waals surface area (Å²) >= 11 is 0. The molecule has 0 bridgehead atoms. The fourth-order valence-corrected chi connectivity index (χ4v) is 2.65. The van der Waals surface area contributed by atoms with E-state index in [2.05, 4.69) is 44.2 Å². The predicted molar refractivity (Wildman–Crippen MR) is 118 cm³/mol. The molecule has 173 valence electrons. The van der Waals surface area contributed by atoms with E-state index in [4.69, 9.17) is 0 Å². The van der Waals surface area contributed by atoms with E-state index in [9.17, 15) is 19.8 Å². The average molecular weight is 501 g/mol. The van der Waals surface area contributed by atoms with Crippen molar-refractivity contribution in [3.63, 3.8) is 0 Å². The number of carboxylic acid groups (broad SMARTS) is 2. The molecule has 0 aliphatic rings. The van der Waals surface area contributed by atoms with Crippen LogP contribution in [0.3, 0.4) is 0 Å². The number of rotatable bonds is 2. The zero-order valence-corrected chi connectivity index (χ0v) is 18.5. The van der Waals surface area contributed by atoms with Gasteiger partial charge in [0.1, 0.15) is 0 Å². The number of aromatic carboxylic acids is 2. The summed E-state index contributed by atoms with van der Waals surface area (Å²) in [5, 5.41) is 22.3. The van der Waals surface area contributed by atoms with E-state index in [-0.39, 0.29) is 33.6 Å². The fraction of sp³-hybridized carbons (Fsp3) is 0. The summed E-state index contributed by atoms with van der Waals surface area (Å²) in [7, 11) is 0. The summed E-state index contributed by atoms with van der Waals surface area (Å²) < 4.78 is 0. The molecule has 4 heterocycles. The van der Waals surface area contributed by atoms with Gasteiger partial charge in [0.25, 0.3) is 0 Å². The molecule has 1 radical (unpaired) electrons. The van der Waals surface area contributed by atoms with E-state index in [0.29, 0.717) is 0 Å². The minimum atomic E-state index is -1.24. The van der Waals surface area contributed by atoms with Gasteiger partial charge in [-0.1, -0.05) is 36.4 Å². The van der Waals surface area contributed by atoms with Gasteiger partial charge < -0.3 is 25.3 Å². The van der Waals surface area contributed by atoms with Crippen molar-refractivity contribution >= 4 is 33.7 Å². The molecule has 0 saturated carbocycles. The molecule has 5 aromatic rings. The van der Waals surface area contributed by atoms with E-state index in [1.54, 1.807) is 36.7 Å². The van der Waals surface area contributed by atoms with E-state index in [0.717, 1.165) is 21.8 Å². The zero-order valence-electron chi connectivity index (χ0n) is 17.5. The monoisotopic (exact) mass is 501 g/mol. The maximum Gasteiger partial charge on any atom is 2.00 e. The van der Waals surface area contributed by atoms with Crippen LogP contribution in [0.4, 0.5) is 0 Å². The molecule has 0 aliphatic heterocycles. The Morgan fingerprint density at radius 1 is 0.529 bits per heavy atom. The van der Waals surface area contributed by atoms with Crippen LogP contribution >= 0.6 is 0 Å². The molecule has 34 heavy (non-hydrogen) atoms. The molecule has 5 rings (SSSR count). The van der Waals surface area contributed by atoms with Gasteiger partial charge in [-0.25, -0.2) is 0 Å². The van der Waals surface area contributed by atoms with Crippen LogP contribution in [0.2, 0.25) is 0 Å². The third-order valence-corrected chi connectivity index (χ3v) is 4.09. The topological polar surface area (TPSA) is 163 Å². The quantitative estimate of drug-likeness (QED) is 0.321. The predicted octanol–water partition coefficient (Wildman–Crippen LogP) is 0.846. The maximum atomic E-state index is 10.0. The fourth-order valence-electron chi connectivity index (χ4n) is 2.65. The molecule has 0 fully saturated rings. The van der Waals surface area contributed by atoms with Crippen LogP contribution in [0, 0.1) is 0 Å². The summed E-state index contributed by atoms with van der Waals surface area (Å²) in [5.41, 5.74) is 1.89. The van der Waals surface area contributed by atoms with Gasteiger partial charge in [-0.15, -0.1) is 0 Å². The molecule has 0 amide bonds. The van der Waals surface area contributed by atoms with Gasteiger partial charge in [-0.2, -0.15) is 0 Å². The second-order valence-corrected chi connectivity index (χ2v) is 6.22. The van der Waals surface area contributed by atoms with Gasteiger partial charge in [0, 0.05) is 35.6 Å². The van der Waals surface area contributed by atoms with Gasteiger partial charge in [0.05, 0.1) is 34.4 Å². The Morgan fingerprint density at radius 2 is 0.912 bits per heavy atom. The average Bonchev–Trinajstić information content (AvgIpc) is 2.86. The van der Waals surface area contributed by atoms with Crippen LogP contribution in [0.25, 0.3) is 21.8 Å². The first-order valence-corrected chi connectivity index (χ1v) is 9.39. The van der Waals surface area contributed by atoms with Gasteiger partial charge in [0.2, 0.25) is 0 Å². The normalized spacial score (nSPS) is 9.18. The Bertz CT molecular complexity index is 1230. The van der Waals surface area contributed by atoms with Crippen molar-refractivity contribution in [3.05, 3.63) is 109 Å².